The van der Waals surface area contributed by atoms with E-state index < -0.39 is 5.97 Å². The number of benzene rings is 2. The maximum absolute atomic E-state index is 12.2. The molecule has 0 heterocycles. The largest absolute Gasteiger partial charge is 0.493 e. The molecule has 0 spiro atoms. The van der Waals surface area contributed by atoms with E-state index in [-0.39, 0.29) is 12.4 Å². The van der Waals surface area contributed by atoms with E-state index in [0.29, 0.717) is 23.7 Å². The Hall–Kier alpha value is -3.08. The maximum atomic E-state index is 12.2. The Morgan fingerprint density at radius 1 is 1.04 bits per heavy atom. The summed E-state index contributed by atoms with van der Waals surface area (Å²) in [5.74, 6) is 0.415. The van der Waals surface area contributed by atoms with Crippen LogP contribution in [0.15, 0.2) is 42.5 Å². The third kappa shape index (κ3) is 5.71. The summed E-state index contributed by atoms with van der Waals surface area (Å²) in [5, 5.41) is 0. The Labute approximate surface area is 159 Å². The van der Waals surface area contributed by atoms with E-state index in [1.54, 1.807) is 37.5 Å². The number of carbonyl (C=O) groups excluding carboxylic acids is 2. The molecule has 2 aromatic rings. The lowest BCUT2D eigenvalue weighted by molar-refractivity contribution is -0.136. The van der Waals surface area contributed by atoms with Crippen LogP contribution in [0, 0.1) is 13.8 Å². The molecule has 2 aromatic carbocycles. The molecule has 0 aliphatic rings. The second-order valence-electron chi connectivity index (χ2n) is 6.03. The lowest BCUT2D eigenvalue weighted by Crippen LogP contribution is -2.13. The molecule has 0 aromatic heterocycles. The highest BCUT2D eigenvalue weighted by atomic mass is 16.5. The minimum atomic E-state index is -0.582. The topological polar surface area (TPSA) is 61.8 Å². The second kappa shape index (κ2) is 9.57. The van der Waals surface area contributed by atoms with Crippen LogP contribution < -0.4 is 9.47 Å². The number of esters is 1. The van der Waals surface area contributed by atoms with E-state index in [2.05, 4.69) is 0 Å². The quantitative estimate of drug-likeness (QED) is 0.398. The fourth-order valence-corrected chi connectivity index (χ4v) is 2.53. The van der Waals surface area contributed by atoms with E-state index in [0.717, 1.165) is 16.7 Å². The molecule has 0 aliphatic heterocycles. The smallest absolute Gasteiger partial charge is 0.331 e. The normalized spacial score (nSPS) is 10.7. The van der Waals surface area contributed by atoms with Gasteiger partial charge in [-0.2, -0.15) is 0 Å². The highest BCUT2D eigenvalue weighted by molar-refractivity contribution is 6.00. The molecule has 142 valence electrons. The van der Waals surface area contributed by atoms with Crippen molar-refractivity contribution in [1.82, 2.24) is 0 Å². The summed E-state index contributed by atoms with van der Waals surface area (Å²) in [6.07, 6.45) is 2.88. The van der Waals surface area contributed by atoms with Crippen LogP contribution in [0.5, 0.6) is 11.5 Å². The zero-order valence-corrected chi connectivity index (χ0v) is 16.1. The molecular weight excluding hydrogens is 344 g/mol. The fourth-order valence-electron chi connectivity index (χ4n) is 2.53. The lowest BCUT2D eigenvalue weighted by Gasteiger charge is -2.09. The van der Waals surface area contributed by atoms with Crippen LogP contribution in [0.4, 0.5) is 0 Å². The molecule has 0 N–H and O–H groups in total. The molecule has 0 aliphatic carbocycles. The molecule has 0 fully saturated rings. The second-order valence-corrected chi connectivity index (χ2v) is 6.03. The summed E-state index contributed by atoms with van der Waals surface area (Å²) in [6.45, 7) is 5.90. The van der Waals surface area contributed by atoms with Crippen molar-refractivity contribution in [2.45, 2.75) is 20.8 Å². The molecule has 0 radical (unpaired) electrons. The first-order valence-corrected chi connectivity index (χ1v) is 8.70. The molecule has 0 saturated heterocycles. The van der Waals surface area contributed by atoms with Crippen LogP contribution >= 0.6 is 0 Å². The fraction of sp³-hybridized carbons (Fsp3) is 0.273. The molecule has 0 saturated carbocycles. The molecular formula is C22H24O5. The summed E-state index contributed by atoms with van der Waals surface area (Å²) >= 11 is 0. The van der Waals surface area contributed by atoms with Gasteiger partial charge in [0.05, 0.1) is 13.7 Å². The maximum Gasteiger partial charge on any atom is 0.331 e. The number of rotatable bonds is 8. The lowest BCUT2D eigenvalue weighted by atomic mass is 10.0. The van der Waals surface area contributed by atoms with Gasteiger partial charge in [0.25, 0.3) is 0 Å². The predicted molar refractivity (Wildman–Crippen MR) is 104 cm³/mol. The van der Waals surface area contributed by atoms with Crippen molar-refractivity contribution in [1.29, 1.82) is 0 Å². The summed E-state index contributed by atoms with van der Waals surface area (Å²) in [5.41, 5.74) is 3.18. The number of carbonyl (C=O) groups is 2. The molecule has 0 amide bonds. The zero-order chi connectivity index (χ0) is 19.8. The minimum Gasteiger partial charge on any atom is -0.493 e. The standard InChI is InChI=1S/C22H24O5/c1-5-26-20-10-8-17(13-21(20)25-4)9-11-22(24)27-14-19(23)18-12-15(2)6-7-16(18)3/h6-13H,5,14H2,1-4H3/b11-9+. The first-order valence-electron chi connectivity index (χ1n) is 8.70. The average molecular weight is 368 g/mol. The monoisotopic (exact) mass is 368 g/mol. The molecule has 2 rings (SSSR count). The Kier molecular flexibility index (Phi) is 7.17. The van der Waals surface area contributed by atoms with Crippen molar-refractivity contribution in [3.05, 3.63) is 64.7 Å². The minimum absolute atomic E-state index is 0.222. The molecule has 5 heteroatoms. The van der Waals surface area contributed by atoms with Gasteiger partial charge in [-0.1, -0.05) is 23.8 Å². The Bertz CT molecular complexity index is 852. The highest BCUT2D eigenvalue weighted by Gasteiger charge is 2.11. The van der Waals surface area contributed by atoms with Crippen LogP contribution in [0.25, 0.3) is 6.08 Å². The Balaban J connectivity index is 1.97. The van der Waals surface area contributed by atoms with Crippen molar-refractivity contribution in [2.75, 3.05) is 20.3 Å². The van der Waals surface area contributed by atoms with Crippen LogP contribution in [-0.2, 0) is 9.53 Å². The van der Waals surface area contributed by atoms with E-state index >= 15 is 0 Å². The van der Waals surface area contributed by atoms with Gasteiger partial charge >= 0.3 is 5.97 Å². The molecule has 27 heavy (non-hydrogen) atoms. The SMILES string of the molecule is CCOc1ccc(/C=C/C(=O)OCC(=O)c2cc(C)ccc2C)cc1OC. The number of hydrogen-bond donors (Lipinski definition) is 0. The van der Waals surface area contributed by atoms with Gasteiger partial charge in [0.1, 0.15) is 0 Å². The van der Waals surface area contributed by atoms with Crippen molar-refractivity contribution in [3.8, 4) is 11.5 Å². The van der Waals surface area contributed by atoms with E-state index in [1.165, 1.54) is 6.08 Å². The van der Waals surface area contributed by atoms with Crippen LogP contribution in [0.2, 0.25) is 0 Å². The molecule has 0 bridgehead atoms. The van der Waals surface area contributed by atoms with Gasteiger partial charge in [-0.25, -0.2) is 4.79 Å². The van der Waals surface area contributed by atoms with Crippen LogP contribution in [-0.4, -0.2) is 32.1 Å². The van der Waals surface area contributed by atoms with Crippen molar-refractivity contribution >= 4 is 17.8 Å². The number of hydrogen-bond acceptors (Lipinski definition) is 5. The summed E-state index contributed by atoms with van der Waals surface area (Å²) < 4.78 is 15.8. The van der Waals surface area contributed by atoms with Gasteiger partial charge in [-0.05, 0) is 56.2 Å². The number of Topliss-reactive ketones (excluding diaryl/α,β-unsaturated/α-hetero) is 1. The van der Waals surface area contributed by atoms with Gasteiger partial charge < -0.3 is 14.2 Å². The molecule has 0 atom stereocenters. The Morgan fingerprint density at radius 2 is 1.81 bits per heavy atom. The third-order valence-corrected chi connectivity index (χ3v) is 3.94. The number of methoxy groups -OCH3 is 1. The van der Waals surface area contributed by atoms with E-state index in [1.807, 2.05) is 32.9 Å². The highest BCUT2D eigenvalue weighted by Crippen LogP contribution is 2.28. The number of aryl methyl sites for hydroxylation is 2. The summed E-state index contributed by atoms with van der Waals surface area (Å²) in [6, 6.07) is 11.0. The van der Waals surface area contributed by atoms with E-state index in [4.69, 9.17) is 14.2 Å². The van der Waals surface area contributed by atoms with E-state index in [9.17, 15) is 9.59 Å². The number of ether oxygens (including phenoxy) is 3. The zero-order valence-electron chi connectivity index (χ0n) is 16.1. The predicted octanol–water partition coefficient (Wildman–Crippen LogP) is 4.15. The van der Waals surface area contributed by atoms with Crippen molar-refractivity contribution < 1.29 is 23.8 Å². The van der Waals surface area contributed by atoms with Gasteiger partial charge in [-0.3, -0.25) is 4.79 Å². The third-order valence-electron chi connectivity index (χ3n) is 3.94. The summed E-state index contributed by atoms with van der Waals surface area (Å²) in [4.78, 5) is 24.2. The van der Waals surface area contributed by atoms with Crippen molar-refractivity contribution in [3.63, 3.8) is 0 Å². The Morgan fingerprint density at radius 3 is 2.52 bits per heavy atom. The first-order chi connectivity index (χ1) is 12.9. The van der Waals surface area contributed by atoms with Gasteiger partial charge in [-0.15, -0.1) is 0 Å². The molecule has 0 unspecified atom stereocenters. The van der Waals surface area contributed by atoms with Crippen molar-refractivity contribution in [2.24, 2.45) is 0 Å². The van der Waals surface area contributed by atoms with Gasteiger partial charge in [0.2, 0.25) is 5.78 Å². The summed E-state index contributed by atoms with van der Waals surface area (Å²) in [7, 11) is 1.55. The van der Waals surface area contributed by atoms with Gasteiger partial charge in [0, 0.05) is 11.6 Å². The number of ketones is 1. The first kappa shape index (κ1) is 20.2. The van der Waals surface area contributed by atoms with Gasteiger partial charge in [0.15, 0.2) is 18.1 Å². The van der Waals surface area contributed by atoms with Crippen LogP contribution in [0.1, 0.15) is 34.0 Å². The average Bonchev–Trinajstić information content (AvgIpc) is 2.67. The van der Waals surface area contributed by atoms with Crippen LogP contribution in [0.3, 0.4) is 0 Å². The molecule has 5 nitrogen and oxygen atoms in total.